The highest BCUT2D eigenvalue weighted by molar-refractivity contribution is 5.67. The summed E-state index contributed by atoms with van der Waals surface area (Å²) in [6.45, 7) is 3.66. The highest BCUT2D eigenvalue weighted by Crippen LogP contribution is 2.15. The molecule has 98 valence electrons. The van der Waals surface area contributed by atoms with Gasteiger partial charge in [-0.05, 0) is 39.0 Å². The Morgan fingerprint density at radius 2 is 2.18 bits per heavy atom. The molecule has 1 aliphatic rings. The van der Waals surface area contributed by atoms with Gasteiger partial charge in [0.05, 0.1) is 6.61 Å². The fourth-order valence-electron chi connectivity index (χ4n) is 1.81. The van der Waals surface area contributed by atoms with E-state index in [0.717, 1.165) is 32.1 Å². The molecule has 1 amide bonds. The zero-order valence-electron chi connectivity index (χ0n) is 10.6. The van der Waals surface area contributed by atoms with E-state index in [1.165, 1.54) is 0 Å². The molecule has 0 spiro atoms. The number of hydrogen-bond donors (Lipinski definition) is 1. The molecular weight excluding hydrogens is 218 g/mol. The van der Waals surface area contributed by atoms with Gasteiger partial charge in [0.25, 0.3) is 0 Å². The first kappa shape index (κ1) is 14.0. The van der Waals surface area contributed by atoms with Crippen LogP contribution in [0.15, 0.2) is 12.2 Å². The van der Waals surface area contributed by atoms with Gasteiger partial charge < -0.3 is 14.8 Å². The minimum Gasteiger partial charge on any atom is -0.446 e. The van der Waals surface area contributed by atoms with Crippen molar-refractivity contribution in [3.8, 4) is 0 Å². The minimum absolute atomic E-state index is 0.0621. The molecule has 0 bridgehead atoms. The number of nitrogens with one attached hydrogen (secondary N) is 1. The van der Waals surface area contributed by atoms with Crippen molar-refractivity contribution in [2.75, 3.05) is 19.8 Å². The molecule has 0 aromatic carbocycles. The fourth-order valence-corrected chi connectivity index (χ4v) is 1.81. The molecule has 1 rings (SSSR count). The van der Waals surface area contributed by atoms with E-state index in [2.05, 4.69) is 17.5 Å². The number of ether oxygens (including phenoxy) is 2. The van der Waals surface area contributed by atoms with Crippen LogP contribution in [-0.4, -0.2) is 32.0 Å². The molecule has 0 saturated carbocycles. The average Bonchev–Trinajstić information content (AvgIpc) is 2.28. The van der Waals surface area contributed by atoms with Gasteiger partial charge in [0.1, 0.15) is 6.10 Å². The number of rotatable bonds is 5. The average molecular weight is 241 g/mol. The summed E-state index contributed by atoms with van der Waals surface area (Å²) < 4.78 is 10.5. The lowest BCUT2D eigenvalue weighted by molar-refractivity contribution is 0.0820. The van der Waals surface area contributed by atoms with E-state index in [-0.39, 0.29) is 12.2 Å². The van der Waals surface area contributed by atoms with Crippen LogP contribution in [0.25, 0.3) is 0 Å². The molecule has 0 fully saturated rings. The van der Waals surface area contributed by atoms with Crippen molar-refractivity contribution >= 4 is 6.09 Å². The van der Waals surface area contributed by atoms with E-state index in [0.29, 0.717) is 19.8 Å². The highest BCUT2D eigenvalue weighted by atomic mass is 16.6. The number of hydrogen-bond acceptors (Lipinski definition) is 3. The number of carbonyl (C=O) groups is 1. The topological polar surface area (TPSA) is 47.6 Å². The van der Waals surface area contributed by atoms with Crippen LogP contribution < -0.4 is 5.32 Å². The van der Waals surface area contributed by atoms with Crippen LogP contribution in [0.4, 0.5) is 4.79 Å². The quantitative estimate of drug-likeness (QED) is 0.594. The third-order valence-electron chi connectivity index (χ3n) is 2.71. The predicted octanol–water partition coefficient (Wildman–Crippen LogP) is 2.64. The molecule has 0 aromatic heterocycles. The molecule has 0 saturated heterocycles. The lowest BCUT2D eigenvalue weighted by Crippen LogP contribution is -2.31. The summed E-state index contributed by atoms with van der Waals surface area (Å²) in [6.07, 6.45) is 9.18. The van der Waals surface area contributed by atoms with Crippen LogP contribution >= 0.6 is 0 Å². The van der Waals surface area contributed by atoms with Gasteiger partial charge in [-0.2, -0.15) is 0 Å². The minimum atomic E-state index is -0.320. The Morgan fingerprint density at radius 1 is 1.35 bits per heavy atom. The monoisotopic (exact) mass is 241 g/mol. The summed E-state index contributed by atoms with van der Waals surface area (Å²) >= 11 is 0. The van der Waals surface area contributed by atoms with E-state index in [9.17, 15) is 4.79 Å². The van der Waals surface area contributed by atoms with Crippen LogP contribution in [-0.2, 0) is 9.47 Å². The smallest absolute Gasteiger partial charge is 0.407 e. The summed E-state index contributed by atoms with van der Waals surface area (Å²) in [5.74, 6) is 0. The zero-order chi connectivity index (χ0) is 12.3. The molecule has 0 aliphatic heterocycles. The van der Waals surface area contributed by atoms with E-state index in [1.54, 1.807) is 0 Å². The number of allylic oxidation sites excluding steroid dienone is 2. The Balaban J connectivity index is 2.13. The maximum absolute atomic E-state index is 11.5. The van der Waals surface area contributed by atoms with E-state index in [4.69, 9.17) is 9.47 Å². The van der Waals surface area contributed by atoms with Gasteiger partial charge in [0, 0.05) is 13.2 Å². The summed E-state index contributed by atoms with van der Waals surface area (Å²) in [5, 5.41) is 2.70. The normalized spacial score (nSPS) is 20.4. The van der Waals surface area contributed by atoms with Crippen LogP contribution in [0.2, 0.25) is 0 Å². The Kier molecular flexibility index (Phi) is 7.47. The van der Waals surface area contributed by atoms with E-state index < -0.39 is 0 Å². The summed E-state index contributed by atoms with van der Waals surface area (Å²) in [5.41, 5.74) is 0. The maximum Gasteiger partial charge on any atom is 0.407 e. The van der Waals surface area contributed by atoms with Gasteiger partial charge in [0.15, 0.2) is 0 Å². The zero-order valence-corrected chi connectivity index (χ0v) is 10.6. The lowest BCUT2D eigenvalue weighted by atomic mass is 10.0. The second kappa shape index (κ2) is 9.05. The number of alkyl carbamates (subject to hydrolysis) is 1. The Hall–Kier alpha value is -1.03. The third kappa shape index (κ3) is 7.00. The highest BCUT2D eigenvalue weighted by Gasteiger charge is 2.13. The molecule has 4 nitrogen and oxygen atoms in total. The molecule has 0 heterocycles. The van der Waals surface area contributed by atoms with Crippen molar-refractivity contribution in [3.05, 3.63) is 12.2 Å². The Bertz CT molecular complexity index is 241. The van der Waals surface area contributed by atoms with Crippen molar-refractivity contribution in [2.24, 2.45) is 0 Å². The Morgan fingerprint density at radius 3 is 3.00 bits per heavy atom. The first-order valence-electron chi connectivity index (χ1n) is 6.50. The van der Waals surface area contributed by atoms with Crippen molar-refractivity contribution < 1.29 is 14.3 Å². The van der Waals surface area contributed by atoms with Crippen molar-refractivity contribution in [1.29, 1.82) is 0 Å². The van der Waals surface area contributed by atoms with Gasteiger partial charge in [-0.15, -0.1) is 0 Å². The fraction of sp³-hybridized carbons (Fsp3) is 0.769. The molecule has 1 N–H and O–H groups in total. The standard InChI is InChI=1S/C13H23NO3/c1-2-16-11-10-14-13(15)17-12-8-6-4-3-5-7-9-12/h3-4,12H,2,5-11H2,1H3,(H,14,15). The van der Waals surface area contributed by atoms with Crippen molar-refractivity contribution in [1.82, 2.24) is 5.32 Å². The van der Waals surface area contributed by atoms with Gasteiger partial charge in [0.2, 0.25) is 0 Å². The SMILES string of the molecule is CCOCCNC(=O)OC1CCC=CCCC1. The van der Waals surface area contributed by atoms with Crippen LogP contribution in [0, 0.1) is 0 Å². The lowest BCUT2D eigenvalue weighted by Gasteiger charge is -2.18. The summed E-state index contributed by atoms with van der Waals surface area (Å²) in [6, 6.07) is 0. The maximum atomic E-state index is 11.5. The second-order valence-corrected chi connectivity index (χ2v) is 4.13. The number of amides is 1. The van der Waals surface area contributed by atoms with Gasteiger partial charge in [-0.1, -0.05) is 12.2 Å². The second-order valence-electron chi connectivity index (χ2n) is 4.13. The molecule has 1 atom stereocenters. The summed E-state index contributed by atoms with van der Waals surface area (Å²) in [4.78, 5) is 11.5. The first-order valence-corrected chi connectivity index (χ1v) is 6.50. The molecule has 17 heavy (non-hydrogen) atoms. The molecule has 4 heteroatoms. The first-order chi connectivity index (χ1) is 8.33. The molecular formula is C13H23NO3. The van der Waals surface area contributed by atoms with Gasteiger partial charge >= 0.3 is 6.09 Å². The molecule has 0 aromatic rings. The van der Waals surface area contributed by atoms with Gasteiger partial charge in [-0.3, -0.25) is 0 Å². The summed E-state index contributed by atoms with van der Waals surface area (Å²) in [7, 11) is 0. The van der Waals surface area contributed by atoms with Gasteiger partial charge in [-0.25, -0.2) is 4.79 Å². The van der Waals surface area contributed by atoms with Crippen LogP contribution in [0.1, 0.15) is 39.0 Å². The predicted molar refractivity (Wildman–Crippen MR) is 67.0 cm³/mol. The van der Waals surface area contributed by atoms with Crippen LogP contribution in [0.5, 0.6) is 0 Å². The number of carbonyl (C=O) groups excluding carboxylic acids is 1. The largest absolute Gasteiger partial charge is 0.446 e. The van der Waals surface area contributed by atoms with E-state index >= 15 is 0 Å². The molecule has 1 unspecified atom stereocenters. The van der Waals surface area contributed by atoms with Crippen LogP contribution in [0.3, 0.4) is 0 Å². The third-order valence-corrected chi connectivity index (χ3v) is 2.71. The van der Waals surface area contributed by atoms with Crippen molar-refractivity contribution in [2.45, 2.75) is 45.1 Å². The Labute approximate surface area is 103 Å². The molecule has 1 aliphatic carbocycles. The van der Waals surface area contributed by atoms with E-state index in [1.807, 2.05) is 6.92 Å². The molecule has 0 radical (unpaired) electrons. The van der Waals surface area contributed by atoms with Crippen molar-refractivity contribution in [3.63, 3.8) is 0 Å².